The minimum absolute atomic E-state index is 0.0573. The van der Waals surface area contributed by atoms with Crippen LogP contribution in [0.4, 0.5) is 8.78 Å². The van der Waals surface area contributed by atoms with E-state index >= 15 is 0 Å². The third-order valence-corrected chi connectivity index (χ3v) is 5.64. The maximum absolute atomic E-state index is 14.8. The first kappa shape index (κ1) is 21.1. The van der Waals surface area contributed by atoms with E-state index in [4.69, 9.17) is 11.6 Å². The fourth-order valence-electron chi connectivity index (χ4n) is 3.64. The average Bonchev–Trinajstić information content (AvgIpc) is 3.37. The molecule has 1 N–H and O–H groups in total. The molecule has 6 nitrogen and oxygen atoms in total. The van der Waals surface area contributed by atoms with Crippen molar-refractivity contribution in [2.75, 3.05) is 0 Å². The van der Waals surface area contributed by atoms with Gasteiger partial charge in [0, 0.05) is 28.4 Å². The monoisotopic (exact) mass is 443 g/mol. The van der Waals surface area contributed by atoms with Gasteiger partial charge in [-0.3, -0.25) is 4.68 Å². The maximum atomic E-state index is 14.8. The summed E-state index contributed by atoms with van der Waals surface area (Å²) in [5.41, 5.74) is 0.600. The quantitative estimate of drug-likeness (QED) is 0.475. The molecule has 31 heavy (non-hydrogen) atoms. The highest BCUT2D eigenvalue weighted by atomic mass is 35.5. The van der Waals surface area contributed by atoms with Crippen molar-refractivity contribution < 1.29 is 13.9 Å². The molecule has 0 aliphatic carbocycles. The lowest BCUT2D eigenvalue weighted by molar-refractivity contribution is -0.0368. The minimum atomic E-state index is -1.79. The largest absolute Gasteiger partial charge is 0.381 e. The molecule has 0 spiro atoms. The molecule has 2 atom stereocenters. The van der Waals surface area contributed by atoms with Crippen molar-refractivity contribution in [1.82, 2.24) is 24.5 Å². The lowest BCUT2D eigenvalue weighted by Gasteiger charge is -2.34. The molecular weight excluding hydrogens is 424 g/mol. The van der Waals surface area contributed by atoms with E-state index in [-0.39, 0.29) is 12.1 Å². The number of benzene rings is 2. The Morgan fingerprint density at radius 1 is 1.16 bits per heavy atom. The predicted octanol–water partition coefficient (Wildman–Crippen LogP) is 4.53. The van der Waals surface area contributed by atoms with Gasteiger partial charge in [-0.25, -0.2) is 18.4 Å². The third-order valence-electron chi connectivity index (χ3n) is 5.39. The first-order chi connectivity index (χ1) is 14.8. The second-order valence-corrected chi connectivity index (χ2v) is 7.90. The number of aryl methyl sites for hydroxylation is 1. The molecule has 0 aliphatic heterocycles. The molecule has 4 rings (SSSR count). The van der Waals surface area contributed by atoms with Crippen LogP contribution in [-0.2, 0) is 12.1 Å². The van der Waals surface area contributed by atoms with Gasteiger partial charge in [0.05, 0.1) is 18.3 Å². The van der Waals surface area contributed by atoms with Crippen molar-refractivity contribution in [1.29, 1.82) is 0 Å². The van der Waals surface area contributed by atoms with Gasteiger partial charge in [-0.1, -0.05) is 29.8 Å². The van der Waals surface area contributed by atoms with Crippen LogP contribution in [-0.4, -0.2) is 29.7 Å². The van der Waals surface area contributed by atoms with Gasteiger partial charge in [0.1, 0.15) is 29.9 Å². The molecule has 0 radical (unpaired) electrons. The highest BCUT2D eigenvalue weighted by molar-refractivity contribution is 6.30. The smallest absolute Gasteiger partial charge is 0.137 e. The first-order valence-corrected chi connectivity index (χ1v) is 9.98. The van der Waals surface area contributed by atoms with Crippen molar-refractivity contribution in [2.24, 2.45) is 0 Å². The Balaban J connectivity index is 1.78. The van der Waals surface area contributed by atoms with E-state index in [1.54, 1.807) is 29.9 Å². The van der Waals surface area contributed by atoms with Crippen LogP contribution >= 0.6 is 11.6 Å². The SMILES string of the molecule is Cc1cn([C@H](C)[C@](O)(Cn2cncn2)c2ccc(F)cc2F)nc1-c1ccc(Cl)cc1. The van der Waals surface area contributed by atoms with Gasteiger partial charge in [-0.2, -0.15) is 10.2 Å². The number of nitrogens with zero attached hydrogens (tertiary/aromatic N) is 5. The lowest BCUT2D eigenvalue weighted by atomic mass is 9.86. The van der Waals surface area contributed by atoms with Crippen LogP contribution in [0.15, 0.2) is 61.3 Å². The van der Waals surface area contributed by atoms with Crippen LogP contribution in [0.5, 0.6) is 0 Å². The van der Waals surface area contributed by atoms with Gasteiger partial charge in [-0.15, -0.1) is 0 Å². The third kappa shape index (κ3) is 4.08. The summed E-state index contributed by atoms with van der Waals surface area (Å²) < 4.78 is 31.3. The van der Waals surface area contributed by atoms with E-state index in [2.05, 4.69) is 15.2 Å². The van der Waals surface area contributed by atoms with Gasteiger partial charge in [-0.05, 0) is 37.6 Å². The van der Waals surface area contributed by atoms with E-state index in [9.17, 15) is 13.9 Å². The normalized spacial score (nSPS) is 14.4. The maximum Gasteiger partial charge on any atom is 0.137 e. The number of rotatable bonds is 6. The summed E-state index contributed by atoms with van der Waals surface area (Å²) in [6, 6.07) is 9.64. The van der Waals surface area contributed by atoms with Gasteiger partial charge in [0.2, 0.25) is 0 Å². The van der Waals surface area contributed by atoms with Crippen molar-refractivity contribution >= 4 is 11.6 Å². The molecule has 0 fully saturated rings. The molecular formula is C22H20ClF2N5O. The summed E-state index contributed by atoms with van der Waals surface area (Å²) in [6.45, 7) is 3.51. The number of hydrogen-bond donors (Lipinski definition) is 1. The zero-order chi connectivity index (χ0) is 22.2. The van der Waals surface area contributed by atoms with Crippen LogP contribution in [0.25, 0.3) is 11.3 Å². The number of aromatic nitrogens is 5. The zero-order valence-corrected chi connectivity index (χ0v) is 17.6. The Morgan fingerprint density at radius 3 is 2.55 bits per heavy atom. The molecule has 4 aromatic rings. The molecule has 0 saturated heterocycles. The molecule has 0 amide bonds. The molecule has 0 unspecified atom stereocenters. The zero-order valence-electron chi connectivity index (χ0n) is 16.9. The van der Waals surface area contributed by atoms with Crippen LogP contribution in [0.1, 0.15) is 24.1 Å². The summed E-state index contributed by atoms with van der Waals surface area (Å²) >= 11 is 5.98. The lowest BCUT2D eigenvalue weighted by Crippen LogP contribution is -2.40. The summed E-state index contributed by atoms with van der Waals surface area (Å²) in [4.78, 5) is 3.89. The standard InChI is InChI=1S/C22H20ClF2N5O/c1-14-10-30(28-21(14)16-3-5-17(23)6-4-16)15(2)22(31,11-29-13-26-12-27-29)19-8-7-18(24)9-20(19)25/h3-10,12-13,15,31H,11H2,1-2H3/t15-,22-/m1/s1. The second kappa shape index (κ2) is 8.20. The van der Waals surface area contributed by atoms with Crippen molar-refractivity contribution in [3.8, 4) is 11.3 Å². The van der Waals surface area contributed by atoms with Crippen molar-refractivity contribution in [3.63, 3.8) is 0 Å². The highest BCUT2D eigenvalue weighted by Gasteiger charge is 2.41. The van der Waals surface area contributed by atoms with Gasteiger partial charge < -0.3 is 5.11 Å². The summed E-state index contributed by atoms with van der Waals surface area (Å²) in [5.74, 6) is -1.58. The molecule has 9 heteroatoms. The van der Waals surface area contributed by atoms with E-state index in [1.807, 2.05) is 19.1 Å². The first-order valence-electron chi connectivity index (χ1n) is 9.60. The number of hydrogen-bond acceptors (Lipinski definition) is 4. The molecule has 2 aromatic carbocycles. The van der Waals surface area contributed by atoms with Gasteiger partial charge >= 0.3 is 0 Å². The highest BCUT2D eigenvalue weighted by Crippen LogP contribution is 2.37. The minimum Gasteiger partial charge on any atom is -0.381 e. The van der Waals surface area contributed by atoms with Gasteiger partial charge in [0.15, 0.2) is 0 Å². The summed E-state index contributed by atoms with van der Waals surface area (Å²) in [6.07, 6.45) is 4.53. The molecule has 0 aliphatic rings. The topological polar surface area (TPSA) is 68.8 Å². The Labute approximate surface area is 182 Å². The van der Waals surface area contributed by atoms with Crippen LogP contribution in [0.3, 0.4) is 0 Å². The predicted molar refractivity (Wildman–Crippen MR) is 112 cm³/mol. The average molecular weight is 444 g/mol. The molecule has 160 valence electrons. The Kier molecular flexibility index (Phi) is 5.60. The molecule has 0 saturated carbocycles. The number of halogens is 3. The molecule has 2 aromatic heterocycles. The van der Waals surface area contributed by atoms with E-state index in [1.165, 1.54) is 23.4 Å². The summed E-state index contributed by atoms with van der Waals surface area (Å²) in [5, 5.41) is 21.0. The van der Waals surface area contributed by atoms with Crippen molar-refractivity contribution in [3.05, 3.63) is 89.1 Å². The molecule has 2 heterocycles. The van der Waals surface area contributed by atoms with E-state index in [0.717, 1.165) is 23.3 Å². The van der Waals surface area contributed by atoms with Crippen LogP contribution in [0, 0.1) is 18.6 Å². The Morgan fingerprint density at radius 2 is 1.90 bits per heavy atom. The fraction of sp³-hybridized carbons (Fsp3) is 0.227. The number of aliphatic hydroxyl groups is 1. The van der Waals surface area contributed by atoms with Gasteiger partial charge in [0.25, 0.3) is 0 Å². The Bertz CT molecular complexity index is 1190. The van der Waals surface area contributed by atoms with Crippen molar-refractivity contribution in [2.45, 2.75) is 32.0 Å². The Hall–Kier alpha value is -3.10. The van der Waals surface area contributed by atoms with E-state index < -0.39 is 23.3 Å². The van der Waals surface area contributed by atoms with Crippen LogP contribution < -0.4 is 0 Å². The molecule has 0 bridgehead atoms. The summed E-state index contributed by atoms with van der Waals surface area (Å²) in [7, 11) is 0. The van der Waals surface area contributed by atoms with Crippen LogP contribution in [0.2, 0.25) is 5.02 Å². The second-order valence-electron chi connectivity index (χ2n) is 7.47. The van der Waals surface area contributed by atoms with E-state index in [0.29, 0.717) is 10.7 Å². The fourth-order valence-corrected chi connectivity index (χ4v) is 3.76.